The monoisotopic (exact) mass is 314 g/mol. The van der Waals surface area contributed by atoms with Gasteiger partial charge in [-0.05, 0) is 32.0 Å². The first-order chi connectivity index (χ1) is 9.86. The van der Waals surface area contributed by atoms with Crippen LogP contribution in [0.4, 0.5) is 10.5 Å². The van der Waals surface area contributed by atoms with Crippen molar-refractivity contribution in [1.82, 2.24) is 4.90 Å². The van der Waals surface area contributed by atoms with Crippen LogP contribution in [0.15, 0.2) is 24.3 Å². The van der Waals surface area contributed by atoms with E-state index >= 15 is 0 Å². The average Bonchev–Trinajstić information content (AvgIpc) is 2.41. The van der Waals surface area contributed by atoms with Crippen molar-refractivity contribution in [3.63, 3.8) is 0 Å². The summed E-state index contributed by atoms with van der Waals surface area (Å²) in [5, 5.41) is 18.5. The van der Waals surface area contributed by atoms with Crippen LogP contribution < -0.4 is 4.90 Å². The van der Waals surface area contributed by atoms with E-state index < -0.39 is 18.5 Å². The SMILES string of the molecule is CC(C)N(CCO)C(=O)N(CC(=O)O)c1cccc(Cl)c1. The van der Waals surface area contributed by atoms with E-state index in [1.165, 1.54) is 11.0 Å². The van der Waals surface area contributed by atoms with E-state index in [0.717, 1.165) is 4.90 Å². The Kier molecular flexibility index (Phi) is 6.45. The fourth-order valence-electron chi connectivity index (χ4n) is 1.89. The summed E-state index contributed by atoms with van der Waals surface area (Å²) in [6, 6.07) is 5.78. The minimum Gasteiger partial charge on any atom is -0.480 e. The molecule has 2 amide bonds. The van der Waals surface area contributed by atoms with E-state index in [1.807, 2.05) is 0 Å². The second kappa shape index (κ2) is 7.85. The van der Waals surface area contributed by atoms with Crippen molar-refractivity contribution in [1.29, 1.82) is 0 Å². The molecule has 0 saturated heterocycles. The van der Waals surface area contributed by atoms with E-state index in [2.05, 4.69) is 0 Å². The zero-order valence-corrected chi connectivity index (χ0v) is 12.7. The lowest BCUT2D eigenvalue weighted by molar-refractivity contribution is -0.135. The Morgan fingerprint density at radius 2 is 2.00 bits per heavy atom. The molecular weight excluding hydrogens is 296 g/mol. The standard InChI is InChI=1S/C14H19ClN2O4/c1-10(2)16(6-7-18)14(21)17(9-13(19)20)12-5-3-4-11(15)8-12/h3-5,8,10,18H,6-7,9H2,1-2H3,(H,19,20). The van der Waals surface area contributed by atoms with Crippen LogP contribution in [0.5, 0.6) is 0 Å². The molecule has 0 aliphatic rings. The minimum absolute atomic E-state index is 0.132. The highest BCUT2D eigenvalue weighted by atomic mass is 35.5. The summed E-state index contributed by atoms with van der Waals surface area (Å²) in [6.45, 7) is 3.05. The highest BCUT2D eigenvalue weighted by Crippen LogP contribution is 2.21. The molecule has 0 fully saturated rings. The predicted octanol–water partition coefficient (Wildman–Crippen LogP) is 2.05. The molecule has 1 aromatic carbocycles. The van der Waals surface area contributed by atoms with Gasteiger partial charge in [0.05, 0.1) is 6.61 Å². The van der Waals surface area contributed by atoms with Crippen molar-refractivity contribution < 1.29 is 19.8 Å². The number of aliphatic hydroxyl groups is 1. The zero-order valence-electron chi connectivity index (χ0n) is 12.0. The molecule has 0 radical (unpaired) electrons. The van der Waals surface area contributed by atoms with Gasteiger partial charge < -0.3 is 15.1 Å². The summed E-state index contributed by atoms with van der Waals surface area (Å²) in [4.78, 5) is 26.1. The number of aliphatic hydroxyl groups excluding tert-OH is 1. The number of amides is 2. The zero-order chi connectivity index (χ0) is 16.0. The number of hydrogen-bond acceptors (Lipinski definition) is 3. The number of rotatable bonds is 6. The predicted molar refractivity (Wildman–Crippen MR) is 80.8 cm³/mol. The van der Waals surface area contributed by atoms with Crippen LogP contribution in [0, 0.1) is 0 Å². The van der Waals surface area contributed by atoms with E-state index in [0.29, 0.717) is 10.7 Å². The molecule has 0 aromatic heterocycles. The van der Waals surface area contributed by atoms with Crippen LogP contribution in [0.1, 0.15) is 13.8 Å². The molecule has 7 heteroatoms. The molecule has 116 valence electrons. The number of carbonyl (C=O) groups excluding carboxylic acids is 1. The summed E-state index contributed by atoms with van der Waals surface area (Å²) in [6.07, 6.45) is 0. The van der Waals surface area contributed by atoms with Gasteiger partial charge in [0.25, 0.3) is 0 Å². The fraction of sp³-hybridized carbons (Fsp3) is 0.429. The molecule has 0 spiro atoms. The maximum absolute atomic E-state index is 12.6. The first kappa shape index (κ1) is 17.3. The normalized spacial score (nSPS) is 10.5. The highest BCUT2D eigenvalue weighted by molar-refractivity contribution is 6.30. The first-order valence-electron chi connectivity index (χ1n) is 6.53. The number of benzene rings is 1. The molecular formula is C14H19ClN2O4. The molecule has 0 unspecified atom stereocenters. The van der Waals surface area contributed by atoms with Gasteiger partial charge in [0.2, 0.25) is 0 Å². The lowest BCUT2D eigenvalue weighted by Gasteiger charge is -2.32. The van der Waals surface area contributed by atoms with Crippen molar-refractivity contribution in [2.75, 3.05) is 24.6 Å². The van der Waals surface area contributed by atoms with Gasteiger partial charge in [0, 0.05) is 23.3 Å². The number of aliphatic carboxylic acids is 1. The fourth-order valence-corrected chi connectivity index (χ4v) is 2.07. The Morgan fingerprint density at radius 1 is 1.33 bits per heavy atom. The molecule has 0 bridgehead atoms. The smallest absolute Gasteiger partial charge is 0.325 e. The van der Waals surface area contributed by atoms with Gasteiger partial charge in [-0.3, -0.25) is 9.69 Å². The molecule has 0 aliphatic heterocycles. The van der Waals surface area contributed by atoms with Crippen LogP contribution in [0.2, 0.25) is 5.02 Å². The topological polar surface area (TPSA) is 81.1 Å². The third-order valence-electron chi connectivity index (χ3n) is 2.85. The third kappa shape index (κ3) is 4.91. The molecule has 6 nitrogen and oxygen atoms in total. The van der Waals surface area contributed by atoms with Gasteiger partial charge in [0.1, 0.15) is 6.54 Å². The van der Waals surface area contributed by atoms with Crippen molar-refractivity contribution >= 4 is 29.3 Å². The van der Waals surface area contributed by atoms with Gasteiger partial charge in [-0.1, -0.05) is 17.7 Å². The second-order valence-corrected chi connectivity index (χ2v) is 5.19. The Hall–Kier alpha value is -1.79. The van der Waals surface area contributed by atoms with Gasteiger partial charge >= 0.3 is 12.0 Å². The molecule has 1 rings (SSSR count). The van der Waals surface area contributed by atoms with Crippen LogP contribution in [-0.4, -0.2) is 52.9 Å². The summed E-state index contributed by atoms with van der Waals surface area (Å²) >= 11 is 5.89. The van der Waals surface area contributed by atoms with E-state index in [-0.39, 0.29) is 19.2 Å². The van der Waals surface area contributed by atoms with Crippen LogP contribution in [-0.2, 0) is 4.79 Å². The number of nitrogens with zero attached hydrogens (tertiary/aromatic N) is 2. The minimum atomic E-state index is -1.13. The quantitative estimate of drug-likeness (QED) is 0.842. The molecule has 21 heavy (non-hydrogen) atoms. The maximum Gasteiger partial charge on any atom is 0.325 e. The summed E-state index contributed by atoms with van der Waals surface area (Å²) < 4.78 is 0. The number of anilines is 1. The van der Waals surface area contributed by atoms with E-state index in [9.17, 15) is 9.59 Å². The first-order valence-corrected chi connectivity index (χ1v) is 6.91. The average molecular weight is 315 g/mol. The van der Waals surface area contributed by atoms with Crippen molar-refractivity contribution in [3.05, 3.63) is 29.3 Å². The number of carbonyl (C=O) groups is 2. The molecule has 0 aliphatic carbocycles. The summed E-state index contributed by atoms with van der Waals surface area (Å²) in [5.41, 5.74) is 0.401. The van der Waals surface area contributed by atoms with Crippen molar-refractivity contribution in [3.8, 4) is 0 Å². The molecule has 1 aromatic rings. The summed E-state index contributed by atoms with van der Waals surface area (Å²) in [5.74, 6) is -1.13. The lowest BCUT2D eigenvalue weighted by Crippen LogP contribution is -2.49. The van der Waals surface area contributed by atoms with Crippen molar-refractivity contribution in [2.24, 2.45) is 0 Å². The van der Waals surface area contributed by atoms with Gasteiger partial charge in [0.15, 0.2) is 0 Å². The molecule has 2 N–H and O–H groups in total. The Labute approximate surface area is 128 Å². The lowest BCUT2D eigenvalue weighted by atomic mass is 10.2. The summed E-state index contributed by atoms with van der Waals surface area (Å²) in [7, 11) is 0. The van der Waals surface area contributed by atoms with Crippen LogP contribution in [0.3, 0.4) is 0 Å². The van der Waals surface area contributed by atoms with Crippen molar-refractivity contribution in [2.45, 2.75) is 19.9 Å². The molecule has 0 saturated carbocycles. The Morgan fingerprint density at radius 3 is 2.48 bits per heavy atom. The van der Waals surface area contributed by atoms with E-state index in [1.54, 1.807) is 32.0 Å². The number of carboxylic acids is 1. The van der Waals surface area contributed by atoms with Crippen LogP contribution >= 0.6 is 11.6 Å². The van der Waals surface area contributed by atoms with Gasteiger partial charge in [-0.2, -0.15) is 0 Å². The third-order valence-corrected chi connectivity index (χ3v) is 3.09. The Bertz CT molecular complexity index is 508. The number of halogens is 1. The largest absolute Gasteiger partial charge is 0.480 e. The molecule has 0 atom stereocenters. The highest BCUT2D eigenvalue weighted by Gasteiger charge is 2.26. The second-order valence-electron chi connectivity index (χ2n) is 4.75. The van der Waals surface area contributed by atoms with Gasteiger partial charge in [-0.25, -0.2) is 4.79 Å². The number of carboxylic acid groups (broad SMARTS) is 1. The molecule has 0 heterocycles. The number of urea groups is 1. The Balaban J connectivity index is 3.11. The maximum atomic E-state index is 12.6. The number of hydrogen-bond donors (Lipinski definition) is 2. The van der Waals surface area contributed by atoms with E-state index in [4.69, 9.17) is 21.8 Å². The van der Waals surface area contributed by atoms with Crippen LogP contribution in [0.25, 0.3) is 0 Å². The van der Waals surface area contributed by atoms with Gasteiger partial charge in [-0.15, -0.1) is 0 Å².